The summed E-state index contributed by atoms with van der Waals surface area (Å²) in [6, 6.07) is 4.59. The molecule has 0 aliphatic rings. The Labute approximate surface area is 160 Å². The van der Waals surface area contributed by atoms with Crippen LogP contribution < -0.4 is 0 Å². The average molecular weight is 398 g/mol. The predicted molar refractivity (Wildman–Crippen MR) is 97.3 cm³/mol. The Morgan fingerprint density at radius 2 is 1.62 bits per heavy atom. The fourth-order valence-corrected chi connectivity index (χ4v) is 3.13. The molecule has 1 atom stereocenters. The average Bonchev–Trinajstić information content (AvgIpc) is 2.87. The van der Waals surface area contributed by atoms with Crippen LogP contribution in [0.4, 0.5) is 0 Å². The van der Waals surface area contributed by atoms with Gasteiger partial charge in [-0.15, -0.1) is 0 Å². The van der Waals surface area contributed by atoms with Crippen molar-refractivity contribution >= 4 is 40.9 Å². The molecule has 2 rings (SSSR count). The summed E-state index contributed by atoms with van der Waals surface area (Å²) in [5.74, 6) is -1.85. The molecule has 8 heteroatoms. The van der Waals surface area contributed by atoms with Crippen molar-refractivity contribution in [2.45, 2.75) is 26.9 Å². The second-order valence-electron chi connectivity index (χ2n) is 5.63. The van der Waals surface area contributed by atoms with Gasteiger partial charge in [0.15, 0.2) is 6.10 Å². The van der Waals surface area contributed by atoms with E-state index in [9.17, 15) is 14.4 Å². The molecule has 1 N–H and O–H groups in total. The van der Waals surface area contributed by atoms with Crippen molar-refractivity contribution in [3.8, 4) is 0 Å². The van der Waals surface area contributed by atoms with E-state index in [0.29, 0.717) is 11.3 Å². The smallest absolute Gasteiger partial charge is 0.341 e. The highest BCUT2D eigenvalue weighted by molar-refractivity contribution is 6.39. The molecular formula is C18H17Cl2NO5. The molecule has 2 aromatic rings. The molecule has 138 valence electrons. The summed E-state index contributed by atoms with van der Waals surface area (Å²) in [5, 5.41) is 0.254. The molecule has 0 bridgehead atoms. The number of Topliss-reactive ketones (excluding diaryl/α,β-unsaturated/α-hetero) is 1. The van der Waals surface area contributed by atoms with Crippen molar-refractivity contribution in [1.29, 1.82) is 0 Å². The van der Waals surface area contributed by atoms with Crippen LogP contribution in [0.5, 0.6) is 0 Å². The van der Waals surface area contributed by atoms with Crippen molar-refractivity contribution in [2.75, 3.05) is 7.11 Å². The van der Waals surface area contributed by atoms with Gasteiger partial charge in [-0.25, -0.2) is 9.59 Å². The number of aromatic amines is 1. The highest BCUT2D eigenvalue weighted by atomic mass is 35.5. The lowest BCUT2D eigenvalue weighted by atomic mass is 10.1. The number of hydrogen-bond acceptors (Lipinski definition) is 5. The van der Waals surface area contributed by atoms with E-state index in [1.54, 1.807) is 19.9 Å². The van der Waals surface area contributed by atoms with E-state index >= 15 is 0 Å². The Morgan fingerprint density at radius 3 is 2.15 bits per heavy atom. The van der Waals surface area contributed by atoms with Crippen LogP contribution in [-0.2, 0) is 9.47 Å². The molecule has 0 spiro atoms. The molecule has 0 saturated heterocycles. The van der Waals surface area contributed by atoms with Crippen molar-refractivity contribution in [2.24, 2.45) is 0 Å². The second kappa shape index (κ2) is 7.93. The van der Waals surface area contributed by atoms with Gasteiger partial charge in [0.25, 0.3) is 0 Å². The number of carbonyl (C=O) groups excluding carboxylic acids is 3. The van der Waals surface area contributed by atoms with Gasteiger partial charge in [-0.2, -0.15) is 0 Å². The first-order valence-electron chi connectivity index (χ1n) is 7.65. The number of methoxy groups -OCH3 is 1. The van der Waals surface area contributed by atoms with Gasteiger partial charge in [-0.3, -0.25) is 4.79 Å². The highest BCUT2D eigenvalue weighted by Gasteiger charge is 2.28. The van der Waals surface area contributed by atoms with Crippen LogP contribution >= 0.6 is 23.2 Å². The molecule has 0 amide bonds. The molecule has 0 aliphatic carbocycles. The zero-order valence-electron chi connectivity index (χ0n) is 14.6. The van der Waals surface area contributed by atoms with Gasteiger partial charge in [-0.05, 0) is 38.5 Å². The topological polar surface area (TPSA) is 85.5 Å². The van der Waals surface area contributed by atoms with E-state index < -0.39 is 23.8 Å². The van der Waals surface area contributed by atoms with Gasteiger partial charge in [0.2, 0.25) is 5.78 Å². The number of aryl methyl sites for hydroxylation is 1. The van der Waals surface area contributed by atoms with Gasteiger partial charge in [0.1, 0.15) is 0 Å². The summed E-state index contributed by atoms with van der Waals surface area (Å²) in [7, 11) is 1.26. The number of nitrogens with one attached hydrogen (secondary N) is 1. The van der Waals surface area contributed by atoms with Gasteiger partial charge in [-0.1, -0.05) is 29.3 Å². The first kappa shape index (κ1) is 20.0. The quantitative estimate of drug-likeness (QED) is 0.604. The molecular weight excluding hydrogens is 381 g/mol. The Balaban J connectivity index is 2.26. The summed E-state index contributed by atoms with van der Waals surface area (Å²) >= 11 is 12.0. The van der Waals surface area contributed by atoms with Gasteiger partial charge < -0.3 is 14.5 Å². The number of hydrogen-bond donors (Lipinski definition) is 1. The third kappa shape index (κ3) is 3.76. The number of ether oxygens (including phenoxy) is 2. The highest BCUT2D eigenvalue weighted by Crippen LogP contribution is 2.26. The maximum atomic E-state index is 12.7. The number of H-pyrrole nitrogens is 1. The maximum absolute atomic E-state index is 12.7. The van der Waals surface area contributed by atoms with Gasteiger partial charge in [0, 0.05) is 5.69 Å². The second-order valence-corrected chi connectivity index (χ2v) is 6.44. The van der Waals surface area contributed by atoms with Gasteiger partial charge in [0.05, 0.1) is 34.0 Å². The standard InChI is InChI=1S/C18H17Cl2NO5/c1-8-13(17(23)25-4)9(2)21-15(8)16(22)10(3)26-18(24)14-11(19)6-5-7-12(14)20/h5-7,10,21H,1-4H3/t10-/m0/s1. The number of aromatic nitrogens is 1. The van der Waals surface area contributed by atoms with Gasteiger partial charge >= 0.3 is 11.9 Å². The third-order valence-electron chi connectivity index (χ3n) is 3.89. The SMILES string of the molecule is COC(=O)c1c(C)[nH]c(C(=O)[C@H](C)OC(=O)c2c(Cl)cccc2Cl)c1C. The Bertz CT molecular complexity index is 868. The summed E-state index contributed by atoms with van der Waals surface area (Å²) < 4.78 is 9.93. The van der Waals surface area contributed by atoms with Crippen LogP contribution in [0.1, 0.15) is 49.4 Å². The van der Waals surface area contributed by atoms with Crippen LogP contribution in [0.3, 0.4) is 0 Å². The van der Waals surface area contributed by atoms with E-state index in [4.69, 9.17) is 32.7 Å². The zero-order chi connectivity index (χ0) is 19.6. The molecule has 6 nitrogen and oxygen atoms in total. The normalized spacial score (nSPS) is 11.8. The number of halogens is 2. The van der Waals surface area contributed by atoms with E-state index in [0.717, 1.165) is 0 Å². The van der Waals surface area contributed by atoms with Crippen LogP contribution in [0.25, 0.3) is 0 Å². The molecule has 0 saturated carbocycles. The molecule has 0 radical (unpaired) electrons. The zero-order valence-corrected chi connectivity index (χ0v) is 16.1. The first-order valence-corrected chi connectivity index (χ1v) is 8.41. The van der Waals surface area contributed by atoms with Crippen molar-refractivity contribution in [3.63, 3.8) is 0 Å². The minimum atomic E-state index is -1.11. The monoisotopic (exact) mass is 397 g/mol. The largest absolute Gasteiger partial charge is 0.465 e. The molecule has 0 aliphatic heterocycles. The summed E-state index contributed by atoms with van der Waals surface area (Å²) in [5.41, 5.74) is 1.37. The lowest BCUT2D eigenvalue weighted by Crippen LogP contribution is -2.25. The van der Waals surface area contributed by atoms with Crippen LogP contribution in [0.15, 0.2) is 18.2 Å². The number of rotatable bonds is 5. The molecule has 0 unspecified atom stereocenters. The van der Waals surface area contributed by atoms with Crippen LogP contribution in [-0.4, -0.2) is 35.9 Å². The Morgan fingerprint density at radius 1 is 1.04 bits per heavy atom. The van der Waals surface area contributed by atoms with Crippen LogP contribution in [0.2, 0.25) is 10.0 Å². The molecule has 1 aromatic carbocycles. The van der Waals surface area contributed by atoms with E-state index in [1.807, 2.05) is 0 Å². The Hall–Kier alpha value is -2.31. The number of benzene rings is 1. The molecule has 1 heterocycles. The van der Waals surface area contributed by atoms with Crippen molar-refractivity contribution in [1.82, 2.24) is 4.98 Å². The van der Waals surface area contributed by atoms with Crippen LogP contribution in [0, 0.1) is 13.8 Å². The summed E-state index contributed by atoms with van der Waals surface area (Å²) in [4.78, 5) is 39.6. The first-order chi connectivity index (χ1) is 12.2. The minimum absolute atomic E-state index is 0.00915. The summed E-state index contributed by atoms with van der Waals surface area (Å²) in [6.45, 7) is 4.69. The molecule has 0 fully saturated rings. The Kier molecular flexibility index (Phi) is 6.10. The molecule has 26 heavy (non-hydrogen) atoms. The number of esters is 2. The number of carbonyl (C=O) groups is 3. The van der Waals surface area contributed by atoms with E-state index in [1.165, 1.54) is 26.2 Å². The summed E-state index contributed by atoms with van der Waals surface area (Å²) in [6.07, 6.45) is -1.11. The van der Waals surface area contributed by atoms with Crippen molar-refractivity contribution in [3.05, 3.63) is 56.3 Å². The lowest BCUT2D eigenvalue weighted by molar-refractivity contribution is 0.0317. The van der Waals surface area contributed by atoms with E-state index in [2.05, 4.69) is 4.98 Å². The van der Waals surface area contributed by atoms with E-state index in [-0.39, 0.29) is 26.9 Å². The minimum Gasteiger partial charge on any atom is -0.465 e. The lowest BCUT2D eigenvalue weighted by Gasteiger charge is -2.13. The fourth-order valence-electron chi connectivity index (χ4n) is 2.57. The predicted octanol–water partition coefficient (Wildman–Crippen LogP) is 4.15. The fraction of sp³-hybridized carbons (Fsp3) is 0.278. The third-order valence-corrected chi connectivity index (χ3v) is 4.52. The van der Waals surface area contributed by atoms with Crippen molar-refractivity contribution < 1.29 is 23.9 Å². The molecule has 1 aromatic heterocycles. The maximum Gasteiger partial charge on any atom is 0.341 e. The number of ketones is 1.